The minimum atomic E-state index is 0.307. The Morgan fingerprint density at radius 3 is 2.85 bits per heavy atom. The normalized spacial score (nSPS) is 13.2. The van der Waals surface area contributed by atoms with Crippen molar-refractivity contribution in [2.24, 2.45) is 7.05 Å². The average Bonchev–Trinajstić information content (AvgIpc) is 2.43. The third-order valence-corrected chi connectivity index (χ3v) is 2.75. The average molecular weight is 247 g/mol. The van der Waals surface area contributed by atoms with E-state index in [2.05, 4.69) is 34.9 Å². The summed E-state index contributed by atoms with van der Waals surface area (Å²) >= 11 is 3.43. The van der Waals surface area contributed by atoms with Crippen molar-refractivity contribution in [3.8, 4) is 0 Å². The van der Waals surface area contributed by atoms with Gasteiger partial charge in [-0.25, -0.2) is 0 Å². The summed E-state index contributed by atoms with van der Waals surface area (Å²) in [7, 11) is 1.92. The summed E-state index contributed by atoms with van der Waals surface area (Å²) in [5.41, 5.74) is 1.08. The molecule has 0 saturated heterocycles. The van der Waals surface area contributed by atoms with E-state index in [4.69, 9.17) is 4.74 Å². The van der Waals surface area contributed by atoms with E-state index in [1.807, 2.05) is 11.7 Å². The number of aromatic nitrogens is 2. The highest BCUT2D eigenvalue weighted by Gasteiger charge is 2.07. The molecule has 0 saturated carbocycles. The van der Waals surface area contributed by atoms with Crippen LogP contribution in [0.25, 0.3) is 0 Å². The summed E-state index contributed by atoms with van der Waals surface area (Å²) in [5.74, 6) is 0. The van der Waals surface area contributed by atoms with Crippen LogP contribution in [-0.4, -0.2) is 15.9 Å². The summed E-state index contributed by atoms with van der Waals surface area (Å²) in [6.07, 6.45) is 3.13. The Labute approximate surface area is 87.2 Å². The largest absolute Gasteiger partial charge is 0.372 e. The van der Waals surface area contributed by atoms with Crippen LogP contribution in [-0.2, 0) is 18.4 Å². The van der Waals surface area contributed by atoms with Crippen LogP contribution < -0.4 is 0 Å². The summed E-state index contributed by atoms with van der Waals surface area (Å²) in [6, 6.07) is 0. The molecule has 13 heavy (non-hydrogen) atoms. The molecule has 0 aliphatic rings. The topological polar surface area (TPSA) is 27.1 Å². The van der Waals surface area contributed by atoms with Crippen molar-refractivity contribution in [2.75, 3.05) is 0 Å². The summed E-state index contributed by atoms with van der Waals surface area (Å²) in [5, 5.41) is 4.11. The smallest absolute Gasteiger partial charge is 0.0899 e. The molecule has 1 rings (SSSR count). The molecule has 0 spiro atoms. The Morgan fingerprint density at radius 2 is 2.38 bits per heavy atom. The molecule has 1 aromatic heterocycles. The third-order valence-electron chi connectivity index (χ3n) is 2.09. The summed E-state index contributed by atoms with van der Waals surface area (Å²) < 4.78 is 8.44. The number of nitrogens with zero attached hydrogens (tertiary/aromatic N) is 2. The van der Waals surface area contributed by atoms with Gasteiger partial charge in [-0.05, 0) is 29.3 Å². The molecule has 74 valence electrons. The molecular weight excluding hydrogens is 232 g/mol. The van der Waals surface area contributed by atoms with Crippen molar-refractivity contribution >= 4 is 15.9 Å². The molecule has 1 atom stereocenters. The zero-order valence-corrected chi connectivity index (χ0v) is 9.84. The maximum absolute atomic E-state index is 5.61. The van der Waals surface area contributed by atoms with Gasteiger partial charge in [0.2, 0.25) is 0 Å². The van der Waals surface area contributed by atoms with Crippen LogP contribution >= 0.6 is 15.9 Å². The predicted molar refractivity (Wildman–Crippen MR) is 55.5 cm³/mol. The molecule has 1 heterocycles. The van der Waals surface area contributed by atoms with Gasteiger partial charge in [-0.1, -0.05) is 6.92 Å². The highest BCUT2D eigenvalue weighted by atomic mass is 79.9. The molecule has 0 unspecified atom stereocenters. The van der Waals surface area contributed by atoms with Gasteiger partial charge in [0.15, 0.2) is 0 Å². The Morgan fingerprint density at radius 1 is 1.69 bits per heavy atom. The molecule has 0 fully saturated rings. The van der Waals surface area contributed by atoms with Crippen LogP contribution in [0.15, 0.2) is 10.7 Å². The fourth-order valence-electron chi connectivity index (χ4n) is 0.937. The molecule has 0 amide bonds. The fourth-order valence-corrected chi connectivity index (χ4v) is 1.40. The minimum Gasteiger partial charge on any atom is -0.372 e. The van der Waals surface area contributed by atoms with E-state index in [1.165, 1.54) is 0 Å². The molecule has 0 N–H and O–H groups in total. The molecule has 0 radical (unpaired) electrons. The van der Waals surface area contributed by atoms with Crippen molar-refractivity contribution < 1.29 is 4.74 Å². The molecule has 0 aliphatic carbocycles. The van der Waals surface area contributed by atoms with Gasteiger partial charge < -0.3 is 4.74 Å². The first-order valence-electron chi connectivity index (χ1n) is 4.43. The van der Waals surface area contributed by atoms with E-state index in [0.717, 1.165) is 16.6 Å². The lowest BCUT2D eigenvalue weighted by atomic mass is 10.3. The summed E-state index contributed by atoms with van der Waals surface area (Å²) in [4.78, 5) is 0. The van der Waals surface area contributed by atoms with Gasteiger partial charge in [0, 0.05) is 7.05 Å². The second-order valence-electron chi connectivity index (χ2n) is 3.09. The third kappa shape index (κ3) is 2.81. The first-order valence-corrected chi connectivity index (χ1v) is 5.22. The molecule has 4 heteroatoms. The Bertz CT molecular complexity index is 253. The Kier molecular flexibility index (Phi) is 3.93. The molecule has 0 aliphatic heterocycles. The van der Waals surface area contributed by atoms with E-state index < -0.39 is 0 Å². The van der Waals surface area contributed by atoms with E-state index in [-0.39, 0.29) is 0 Å². The zero-order chi connectivity index (χ0) is 9.84. The number of aryl methyl sites for hydroxylation is 1. The first-order chi connectivity index (χ1) is 6.15. The van der Waals surface area contributed by atoms with Gasteiger partial charge in [0.1, 0.15) is 0 Å². The lowest BCUT2D eigenvalue weighted by Gasteiger charge is -2.10. The van der Waals surface area contributed by atoms with Gasteiger partial charge in [-0.2, -0.15) is 5.10 Å². The van der Waals surface area contributed by atoms with Gasteiger partial charge in [0.25, 0.3) is 0 Å². The number of hydrogen-bond donors (Lipinski definition) is 0. The number of hydrogen-bond acceptors (Lipinski definition) is 2. The highest BCUT2D eigenvalue weighted by molar-refractivity contribution is 9.10. The van der Waals surface area contributed by atoms with Crippen molar-refractivity contribution in [1.29, 1.82) is 0 Å². The van der Waals surface area contributed by atoms with Crippen LogP contribution in [0.2, 0.25) is 0 Å². The van der Waals surface area contributed by atoms with E-state index in [9.17, 15) is 0 Å². The second-order valence-corrected chi connectivity index (χ2v) is 3.95. The molecule has 3 nitrogen and oxygen atoms in total. The van der Waals surface area contributed by atoms with Gasteiger partial charge >= 0.3 is 0 Å². The maximum atomic E-state index is 5.61. The predicted octanol–water partition coefficient (Wildman–Crippen LogP) is 2.50. The second kappa shape index (κ2) is 4.77. The first kappa shape index (κ1) is 10.7. The quantitative estimate of drug-likeness (QED) is 0.817. The molecule has 0 bridgehead atoms. The van der Waals surface area contributed by atoms with Crippen molar-refractivity contribution in [2.45, 2.75) is 33.0 Å². The van der Waals surface area contributed by atoms with Crippen molar-refractivity contribution in [3.63, 3.8) is 0 Å². The molecule has 0 aromatic carbocycles. The van der Waals surface area contributed by atoms with E-state index >= 15 is 0 Å². The van der Waals surface area contributed by atoms with Crippen LogP contribution in [0.1, 0.15) is 26.0 Å². The fraction of sp³-hybridized carbons (Fsp3) is 0.667. The Balaban J connectivity index is 2.53. The molecular formula is C9H15BrN2O. The van der Waals surface area contributed by atoms with Crippen LogP contribution in [0.5, 0.6) is 0 Å². The van der Waals surface area contributed by atoms with Crippen LogP contribution in [0.3, 0.4) is 0 Å². The standard InChI is InChI=1S/C9H15BrN2O/c1-4-7(2)13-6-9-8(10)5-11-12(9)3/h5,7H,4,6H2,1-3H3/t7-/m1/s1. The van der Waals surface area contributed by atoms with Gasteiger partial charge in [-0.15, -0.1) is 0 Å². The Hall–Kier alpha value is -0.350. The number of ether oxygens (including phenoxy) is 1. The van der Waals surface area contributed by atoms with E-state index in [0.29, 0.717) is 12.7 Å². The number of rotatable bonds is 4. The molecule has 1 aromatic rings. The van der Waals surface area contributed by atoms with Crippen LogP contribution in [0.4, 0.5) is 0 Å². The van der Waals surface area contributed by atoms with Gasteiger partial charge in [-0.3, -0.25) is 4.68 Å². The van der Waals surface area contributed by atoms with Crippen molar-refractivity contribution in [1.82, 2.24) is 9.78 Å². The monoisotopic (exact) mass is 246 g/mol. The summed E-state index contributed by atoms with van der Waals surface area (Å²) in [6.45, 7) is 4.80. The lowest BCUT2D eigenvalue weighted by Crippen LogP contribution is -2.09. The highest BCUT2D eigenvalue weighted by Crippen LogP contribution is 2.16. The van der Waals surface area contributed by atoms with Crippen molar-refractivity contribution in [3.05, 3.63) is 16.4 Å². The number of halogens is 1. The maximum Gasteiger partial charge on any atom is 0.0899 e. The minimum absolute atomic E-state index is 0.307. The SMILES string of the molecule is CC[C@@H](C)OCc1c(Br)cnn1C. The van der Waals surface area contributed by atoms with E-state index in [1.54, 1.807) is 6.20 Å². The van der Waals surface area contributed by atoms with Crippen LogP contribution in [0, 0.1) is 0 Å². The zero-order valence-electron chi connectivity index (χ0n) is 8.25. The lowest BCUT2D eigenvalue weighted by molar-refractivity contribution is 0.0468. The van der Waals surface area contributed by atoms with Gasteiger partial charge in [0.05, 0.1) is 29.1 Å².